The maximum absolute atomic E-state index is 11.9. The van der Waals surface area contributed by atoms with Crippen molar-refractivity contribution in [2.45, 2.75) is 25.6 Å². The summed E-state index contributed by atoms with van der Waals surface area (Å²) < 4.78 is 39.3. The number of ether oxygens (including phenoxy) is 1. The van der Waals surface area contributed by atoms with Crippen molar-refractivity contribution in [1.29, 1.82) is 0 Å². The standard InChI is InChI=1S/C9H7F3O3.C9H10O3/c10-9(11,12)15-7-4-2-1-3-6(7)5-8(13)14;10-8-5-1-2-6(8)4-7(3-5)9(11)12/h1-4H,5H2,(H,13,14);1-2,5-7H,3-4H2,(H,11,12). The molecule has 1 aromatic rings. The molecule has 0 heterocycles. The van der Waals surface area contributed by atoms with Crippen molar-refractivity contribution in [2.75, 3.05) is 0 Å². The maximum Gasteiger partial charge on any atom is 0.573 e. The third kappa shape index (κ3) is 5.83. The van der Waals surface area contributed by atoms with Gasteiger partial charge in [0.25, 0.3) is 0 Å². The Morgan fingerprint density at radius 3 is 2.11 bits per heavy atom. The van der Waals surface area contributed by atoms with Crippen molar-refractivity contribution in [1.82, 2.24) is 0 Å². The third-order valence-electron chi connectivity index (χ3n) is 4.27. The number of hydrogen-bond acceptors (Lipinski definition) is 4. The van der Waals surface area contributed by atoms with Crippen LogP contribution in [0.5, 0.6) is 5.75 Å². The number of fused-ring (bicyclic) bond motifs is 2. The van der Waals surface area contributed by atoms with Crippen LogP contribution in [-0.2, 0) is 20.8 Å². The predicted molar refractivity (Wildman–Crippen MR) is 86.0 cm³/mol. The number of allylic oxidation sites excluding steroid dienone is 2. The first kappa shape index (κ1) is 20.5. The number of hydrogen-bond donors (Lipinski definition) is 2. The highest BCUT2D eigenvalue weighted by Crippen LogP contribution is 2.37. The Morgan fingerprint density at radius 1 is 1.07 bits per heavy atom. The van der Waals surface area contributed by atoms with Crippen LogP contribution in [0.15, 0.2) is 36.4 Å². The summed E-state index contributed by atoms with van der Waals surface area (Å²) >= 11 is 0. The zero-order chi connectivity index (χ0) is 20.2. The Hall–Kier alpha value is -2.84. The zero-order valence-electron chi connectivity index (χ0n) is 14.0. The van der Waals surface area contributed by atoms with Crippen molar-refractivity contribution in [2.24, 2.45) is 17.8 Å². The molecular formula is C18H17F3O6. The number of carboxylic acid groups (broad SMARTS) is 2. The molecule has 0 radical (unpaired) electrons. The van der Waals surface area contributed by atoms with Crippen LogP contribution in [-0.4, -0.2) is 34.3 Å². The average molecular weight is 386 g/mol. The van der Waals surface area contributed by atoms with Crippen LogP contribution < -0.4 is 4.74 Å². The van der Waals surface area contributed by atoms with Gasteiger partial charge in [-0.1, -0.05) is 30.4 Å². The minimum atomic E-state index is -4.81. The van der Waals surface area contributed by atoms with Crippen LogP contribution in [0, 0.1) is 17.8 Å². The SMILES string of the molecule is O=C(O)Cc1ccccc1OC(F)(F)F.O=C1C2C=CC1CC(C(=O)O)C2. The molecule has 2 N–H and O–H groups in total. The number of benzene rings is 1. The van der Waals surface area contributed by atoms with Crippen molar-refractivity contribution in [3.05, 3.63) is 42.0 Å². The van der Waals surface area contributed by atoms with E-state index >= 15 is 0 Å². The lowest BCUT2D eigenvalue weighted by atomic mass is 9.79. The Morgan fingerprint density at radius 2 is 1.63 bits per heavy atom. The van der Waals surface area contributed by atoms with E-state index in [1.807, 2.05) is 12.2 Å². The quantitative estimate of drug-likeness (QED) is 0.772. The van der Waals surface area contributed by atoms with Crippen molar-refractivity contribution >= 4 is 17.7 Å². The smallest absolute Gasteiger partial charge is 0.481 e. The molecule has 1 aromatic carbocycles. The molecule has 0 saturated heterocycles. The summed E-state index contributed by atoms with van der Waals surface area (Å²) in [4.78, 5) is 32.3. The molecule has 6 nitrogen and oxygen atoms in total. The van der Waals surface area contributed by atoms with Crippen LogP contribution in [0.3, 0.4) is 0 Å². The number of carboxylic acids is 2. The fourth-order valence-corrected chi connectivity index (χ4v) is 3.07. The lowest BCUT2D eigenvalue weighted by Crippen LogP contribution is -2.30. The van der Waals surface area contributed by atoms with Crippen molar-refractivity contribution in [3.8, 4) is 5.75 Å². The lowest BCUT2D eigenvalue weighted by molar-refractivity contribution is -0.275. The van der Waals surface area contributed by atoms with Gasteiger partial charge in [0.15, 0.2) is 0 Å². The minimum absolute atomic E-state index is 0.0117. The van der Waals surface area contributed by atoms with E-state index in [1.54, 1.807) is 0 Å². The highest BCUT2D eigenvalue weighted by Gasteiger charge is 2.40. The van der Waals surface area contributed by atoms with E-state index in [4.69, 9.17) is 10.2 Å². The number of carbonyl (C=O) groups is 3. The predicted octanol–water partition coefficient (Wildman–Crippen LogP) is 3.06. The van der Waals surface area contributed by atoms with Gasteiger partial charge in [0.1, 0.15) is 11.5 Å². The number of rotatable bonds is 4. The average Bonchev–Trinajstić information content (AvgIpc) is 2.77. The second kappa shape index (κ2) is 8.24. The summed E-state index contributed by atoms with van der Waals surface area (Å²) in [5, 5.41) is 17.2. The van der Waals surface area contributed by atoms with Crippen molar-refractivity contribution in [3.63, 3.8) is 0 Å². The lowest BCUT2D eigenvalue weighted by Gasteiger charge is -2.23. The molecule has 0 aromatic heterocycles. The largest absolute Gasteiger partial charge is 0.573 e. The normalized spacial score (nSPS) is 23.4. The monoisotopic (exact) mass is 386 g/mol. The number of para-hydroxylation sites is 1. The molecule has 0 amide bonds. The number of aliphatic carboxylic acids is 2. The Balaban J connectivity index is 0.000000198. The molecular weight excluding hydrogens is 369 g/mol. The fraction of sp³-hybridized carbons (Fsp3) is 0.389. The van der Waals surface area contributed by atoms with Crippen LogP contribution >= 0.6 is 0 Å². The van der Waals surface area contributed by atoms with Gasteiger partial charge in [-0.25, -0.2) is 0 Å². The molecule has 2 bridgehead atoms. The third-order valence-corrected chi connectivity index (χ3v) is 4.27. The van der Waals surface area contributed by atoms with Gasteiger partial charge in [-0.05, 0) is 18.9 Å². The molecule has 2 unspecified atom stereocenters. The first-order chi connectivity index (χ1) is 12.6. The topological polar surface area (TPSA) is 101 Å². The summed E-state index contributed by atoms with van der Waals surface area (Å²) in [6.07, 6.45) is -0.602. The molecule has 2 atom stereocenters. The van der Waals surface area contributed by atoms with Gasteiger partial charge in [-0.3, -0.25) is 14.4 Å². The summed E-state index contributed by atoms with van der Waals surface area (Å²) in [5.41, 5.74) is -0.0117. The molecule has 0 aliphatic heterocycles. The first-order valence-corrected chi connectivity index (χ1v) is 8.07. The molecule has 1 saturated carbocycles. The zero-order valence-corrected chi connectivity index (χ0v) is 14.0. The van der Waals surface area contributed by atoms with Gasteiger partial charge in [0, 0.05) is 17.4 Å². The number of alkyl halides is 3. The summed E-state index contributed by atoms with van der Waals surface area (Å²) in [5.74, 6) is -2.77. The maximum atomic E-state index is 11.9. The Bertz CT molecular complexity index is 738. The van der Waals surface area contributed by atoms with E-state index in [0.29, 0.717) is 12.8 Å². The summed E-state index contributed by atoms with van der Waals surface area (Å²) in [6, 6.07) is 5.13. The first-order valence-electron chi connectivity index (χ1n) is 8.07. The molecule has 0 spiro atoms. The van der Waals surface area contributed by atoms with Gasteiger partial charge in [-0.15, -0.1) is 13.2 Å². The van der Waals surface area contributed by atoms with Crippen molar-refractivity contribution < 1.29 is 42.5 Å². The number of Topliss-reactive ketones (excluding diaryl/α,β-unsaturated/α-hetero) is 1. The molecule has 146 valence electrons. The molecule has 27 heavy (non-hydrogen) atoms. The molecule has 9 heteroatoms. The van der Waals surface area contributed by atoms with E-state index in [0.717, 1.165) is 6.07 Å². The van der Waals surface area contributed by atoms with E-state index < -0.39 is 30.5 Å². The molecule has 2 aliphatic carbocycles. The van der Waals surface area contributed by atoms with Crippen LogP contribution in [0.2, 0.25) is 0 Å². The Kier molecular flexibility index (Phi) is 6.24. The number of carbonyl (C=O) groups excluding carboxylic acids is 1. The highest BCUT2D eigenvalue weighted by atomic mass is 19.4. The second-order valence-corrected chi connectivity index (χ2v) is 6.23. The van der Waals surface area contributed by atoms with E-state index in [-0.39, 0.29) is 29.1 Å². The van der Waals surface area contributed by atoms with Gasteiger partial charge in [0.05, 0.1) is 12.3 Å². The van der Waals surface area contributed by atoms with Gasteiger partial charge < -0.3 is 14.9 Å². The Labute approximate surface area is 152 Å². The number of ketones is 1. The van der Waals surface area contributed by atoms with Gasteiger partial charge in [-0.2, -0.15) is 0 Å². The van der Waals surface area contributed by atoms with Gasteiger partial charge >= 0.3 is 18.3 Å². The van der Waals surface area contributed by atoms with Crippen LogP contribution in [0.4, 0.5) is 13.2 Å². The van der Waals surface area contributed by atoms with E-state index in [9.17, 15) is 27.6 Å². The van der Waals surface area contributed by atoms with E-state index in [1.165, 1.54) is 18.2 Å². The number of halogens is 3. The van der Waals surface area contributed by atoms with Crippen LogP contribution in [0.25, 0.3) is 0 Å². The van der Waals surface area contributed by atoms with E-state index in [2.05, 4.69) is 4.74 Å². The van der Waals surface area contributed by atoms with Crippen LogP contribution in [0.1, 0.15) is 18.4 Å². The minimum Gasteiger partial charge on any atom is -0.481 e. The molecule has 3 rings (SSSR count). The summed E-state index contributed by atoms with van der Waals surface area (Å²) in [6.45, 7) is 0. The summed E-state index contributed by atoms with van der Waals surface area (Å²) in [7, 11) is 0. The second-order valence-electron chi connectivity index (χ2n) is 6.23. The fourth-order valence-electron chi connectivity index (χ4n) is 3.07. The molecule has 2 aliphatic rings. The highest BCUT2D eigenvalue weighted by molar-refractivity contribution is 5.91. The molecule has 1 fully saturated rings. The van der Waals surface area contributed by atoms with Gasteiger partial charge in [0.2, 0.25) is 0 Å².